The molecule has 0 aromatic heterocycles. The monoisotopic (exact) mass is 271 g/mol. The number of hydrogen-bond donors (Lipinski definition) is 2. The van der Waals surface area contributed by atoms with Gasteiger partial charge in [-0.3, -0.25) is 9.69 Å². The number of nitrogens with zero attached hydrogens (tertiary/aromatic N) is 1. The summed E-state index contributed by atoms with van der Waals surface area (Å²) < 4.78 is 0. The predicted octanol–water partition coefficient (Wildman–Crippen LogP) is 0.707. The van der Waals surface area contributed by atoms with Gasteiger partial charge in [-0.15, -0.1) is 0 Å². The molecule has 4 nitrogen and oxygen atoms in total. The van der Waals surface area contributed by atoms with Gasteiger partial charge in [0.15, 0.2) is 0 Å². The summed E-state index contributed by atoms with van der Waals surface area (Å²) >= 11 is 0. The zero-order valence-electron chi connectivity index (χ0n) is 11.9. The lowest BCUT2D eigenvalue weighted by Gasteiger charge is -2.16. The lowest BCUT2D eigenvalue weighted by atomic mass is 10.1. The largest absolute Gasteiger partial charge is 0.352 e. The molecule has 0 spiro atoms. The first-order valence-corrected chi connectivity index (χ1v) is 6.94. The van der Waals surface area contributed by atoms with Crippen LogP contribution in [0.1, 0.15) is 24.5 Å². The number of nitrogens with one attached hydrogen (secondary N) is 1. The van der Waals surface area contributed by atoms with Crippen molar-refractivity contribution in [1.29, 1.82) is 0 Å². The van der Waals surface area contributed by atoms with Gasteiger partial charge in [-0.2, -0.15) is 0 Å². The molecule has 1 aromatic rings. The Morgan fingerprint density at radius 1 is 1.55 bits per heavy atom. The van der Waals surface area contributed by atoms with Crippen LogP contribution in [0.4, 0.5) is 0 Å². The Morgan fingerprint density at radius 2 is 2.40 bits per heavy atom. The summed E-state index contributed by atoms with van der Waals surface area (Å²) in [7, 11) is 0. The van der Waals surface area contributed by atoms with Gasteiger partial charge >= 0.3 is 0 Å². The molecule has 1 heterocycles. The summed E-state index contributed by atoms with van der Waals surface area (Å²) in [5.41, 5.74) is 7.64. The first kappa shape index (κ1) is 14.6. The molecule has 2 rings (SSSR count). The van der Waals surface area contributed by atoms with Crippen molar-refractivity contribution < 1.29 is 4.79 Å². The normalized spacial score (nSPS) is 18.4. The Hall–Kier alpha value is -1.83. The number of carbonyl (C=O) groups is 1. The highest BCUT2D eigenvalue weighted by Gasteiger charge is 2.22. The number of benzene rings is 1. The van der Waals surface area contributed by atoms with Gasteiger partial charge < -0.3 is 11.1 Å². The molecule has 20 heavy (non-hydrogen) atoms. The summed E-state index contributed by atoms with van der Waals surface area (Å²) in [5.74, 6) is 5.98. The van der Waals surface area contributed by atoms with Gasteiger partial charge in [-0.1, -0.05) is 24.0 Å². The molecule has 1 amide bonds. The predicted molar refractivity (Wildman–Crippen MR) is 79.9 cm³/mol. The van der Waals surface area contributed by atoms with Gasteiger partial charge in [-0.25, -0.2) is 0 Å². The van der Waals surface area contributed by atoms with Crippen LogP contribution in [-0.4, -0.2) is 36.5 Å². The van der Waals surface area contributed by atoms with Crippen LogP contribution >= 0.6 is 0 Å². The maximum absolute atomic E-state index is 11.1. The molecule has 0 saturated carbocycles. The molecule has 4 heteroatoms. The van der Waals surface area contributed by atoms with E-state index in [0.29, 0.717) is 6.54 Å². The van der Waals surface area contributed by atoms with Crippen LogP contribution in [0.5, 0.6) is 0 Å². The molecule has 1 saturated heterocycles. The standard InChI is InChI=1S/C16H21N3O/c1-13(20)18-16-7-9-19(12-16)11-15-5-2-4-14(10-15)6-3-8-17/h2,4-5,10,16H,7-9,11-12,17H2,1H3,(H,18,20). The minimum atomic E-state index is 0.0518. The van der Waals surface area contributed by atoms with Gasteiger partial charge in [0.25, 0.3) is 0 Å². The summed E-state index contributed by atoms with van der Waals surface area (Å²) in [6, 6.07) is 8.52. The van der Waals surface area contributed by atoms with Crippen molar-refractivity contribution in [2.75, 3.05) is 19.6 Å². The van der Waals surface area contributed by atoms with E-state index in [2.05, 4.69) is 34.2 Å². The zero-order chi connectivity index (χ0) is 14.4. The third-order valence-electron chi connectivity index (χ3n) is 3.35. The van der Waals surface area contributed by atoms with Crippen LogP contribution in [0.15, 0.2) is 24.3 Å². The Labute approximate surface area is 120 Å². The average molecular weight is 271 g/mol. The summed E-state index contributed by atoms with van der Waals surface area (Å²) in [6.45, 7) is 4.78. The van der Waals surface area contributed by atoms with Crippen LogP contribution in [0.2, 0.25) is 0 Å². The van der Waals surface area contributed by atoms with Crippen LogP contribution in [0, 0.1) is 11.8 Å². The fraction of sp³-hybridized carbons (Fsp3) is 0.438. The quantitative estimate of drug-likeness (QED) is 0.796. The molecule has 106 valence electrons. The van der Waals surface area contributed by atoms with Crippen molar-refractivity contribution in [2.45, 2.75) is 25.9 Å². The second kappa shape index (κ2) is 7.09. The molecule has 1 unspecified atom stereocenters. The van der Waals surface area contributed by atoms with E-state index in [1.54, 1.807) is 6.92 Å². The van der Waals surface area contributed by atoms with Gasteiger partial charge in [0, 0.05) is 38.2 Å². The Morgan fingerprint density at radius 3 is 3.15 bits per heavy atom. The fourth-order valence-electron chi connectivity index (χ4n) is 2.54. The van der Waals surface area contributed by atoms with E-state index in [9.17, 15) is 4.79 Å². The number of rotatable bonds is 3. The van der Waals surface area contributed by atoms with E-state index in [-0.39, 0.29) is 11.9 Å². The first-order chi connectivity index (χ1) is 9.67. The molecule has 3 N–H and O–H groups in total. The third kappa shape index (κ3) is 4.37. The highest BCUT2D eigenvalue weighted by Crippen LogP contribution is 2.14. The summed E-state index contributed by atoms with van der Waals surface area (Å²) in [5, 5.41) is 2.98. The SMILES string of the molecule is CC(=O)NC1CCN(Cc2cccc(C#CCN)c2)C1. The molecular formula is C16H21N3O. The lowest BCUT2D eigenvalue weighted by molar-refractivity contribution is -0.119. The molecule has 1 atom stereocenters. The molecule has 0 bridgehead atoms. The van der Waals surface area contributed by atoms with E-state index in [0.717, 1.165) is 31.6 Å². The van der Waals surface area contributed by atoms with Gasteiger partial charge in [0.2, 0.25) is 5.91 Å². The van der Waals surface area contributed by atoms with Crippen molar-refractivity contribution in [3.05, 3.63) is 35.4 Å². The average Bonchev–Trinajstić information content (AvgIpc) is 2.83. The van der Waals surface area contributed by atoms with E-state index in [4.69, 9.17) is 5.73 Å². The van der Waals surface area contributed by atoms with Crippen molar-refractivity contribution >= 4 is 5.91 Å². The minimum absolute atomic E-state index is 0.0518. The summed E-state index contributed by atoms with van der Waals surface area (Å²) in [4.78, 5) is 13.4. The number of likely N-dealkylation sites (tertiary alicyclic amines) is 1. The van der Waals surface area contributed by atoms with Gasteiger partial charge in [-0.05, 0) is 24.1 Å². The van der Waals surface area contributed by atoms with E-state index < -0.39 is 0 Å². The highest BCUT2D eigenvalue weighted by molar-refractivity contribution is 5.73. The topological polar surface area (TPSA) is 58.4 Å². The van der Waals surface area contributed by atoms with E-state index in [1.165, 1.54) is 5.56 Å². The molecular weight excluding hydrogens is 250 g/mol. The molecule has 1 aromatic carbocycles. The van der Waals surface area contributed by atoms with E-state index >= 15 is 0 Å². The maximum Gasteiger partial charge on any atom is 0.217 e. The molecule has 0 radical (unpaired) electrons. The van der Waals surface area contributed by atoms with Crippen LogP contribution < -0.4 is 11.1 Å². The van der Waals surface area contributed by atoms with Gasteiger partial charge in [0.05, 0.1) is 6.54 Å². The number of hydrogen-bond acceptors (Lipinski definition) is 3. The van der Waals surface area contributed by atoms with Crippen molar-refractivity contribution in [2.24, 2.45) is 5.73 Å². The van der Waals surface area contributed by atoms with Crippen LogP contribution in [0.3, 0.4) is 0 Å². The minimum Gasteiger partial charge on any atom is -0.352 e. The molecule has 1 aliphatic heterocycles. The van der Waals surface area contributed by atoms with Gasteiger partial charge in [0.1, 0.15) is 0 Å². The number of amides is 1. The zero-order valence-corrected chi connectivity index (χ0v) is 11.9. The van der Waals surface area contributed by atoms with Crippen LogP contribution in [0.25, 0.3) is 0 Å². The summed E-state index contributed by atoms with van der Waals surface area (Å²) in [6.07, 6.45) is 1.02. The lowest BCUT2D eigenvalue weighted by Crippen LogP contribution is -2.35. The number of carbonyl (C=O) groups excluding carboxylic acids is 1. The second-order valence-corrected chi connectivity index (χ2v) is 5.13. The van der Waals surface area contributed by atoms with Crippen molar-refractivity contribution in [1.82, 2.24) is 10.2 Å². The van der Waals surface area contributed by atoms with Crippen molar-refractivity contribution in [3.63, 3.8) is 0 Å². The van der Waals surface area contributed by atoms with E-state index in [1.807, 2.05) is 12.1 Å². The smallest absolute Gasteiger partial charge is 0.217 e. The Bertz CT molecular complexity index is 530. The Kier molecular flexibility index (Phi) is 5.16. The van der Waals surface area contributed by atoms with Crippen LogP contribution in [-0.2, 0) is 11.3 Å². The maximum atomic E-state index is 11.1. The highest BCUT2D eigenvalue weighted by atomic mass is 16.1. The third-order valence-corrected chi connectivity index (χ3v) is 3.35. The first-order valence-electron chi connectivity index (χ1n) is 6.94. The fourth-order valence-corrected chi connectivity index (χ4v) is 2.54. The molecule has 1 fully saturated rings. The molecule has 0 aliphatic carbocycles. The Balaban J connectivity index is 1.92. The second-order valence-electron chi connectivity index (χ2n) is 5.13. The molecule has 1 aliphatic rings. The number of nitrogens with two attached hydrogens (primary N) is 1. The van der Waals surface area contributed by atoms with Crippen molar-refractivity contribution in [3.8, 4) is 11.8 Å².